The predicted molar refractivity (Wildman–Crippen MR) is 201 cm³/mol. The molecule has 0 unspecified atom stereocenters. The normalized spacial score (nSPS) is 19.6. The van der Waals surface area contributed by atoms with Crippen molar-refractivity contribution in [3.05, 3.63) is 198 Å². The summed E-state index contributed by atoms with van der Waals surface area (Å²) in [6, 6.07) is -2.71. The number of ether oxygens (including phenoxy) is 1. The van der Waals surface area contributed by atoms with Crippen LogP contribution in [0, 0.1) is 0 Å². The summed E-state index contributed by atoms with van der Waals surface area (Å²) in [4.78, 5) is 0. The van der Waals surface area contributed by atoms with Crippen LogP contribution in [0.25, 0.3) is 60.5 Å². The molecule has 8 aromatic carbocycles. The summed E-state index contributed by atoms with van der Waals surface area (Å²) in [6.45, 7) is 0. The fraction of sp³-hybridized carbons (Fsp3) is 0.0213. The van der Waals surface area contributed by atoms with Gasteiger partial charge in [-0.3, -0.25) is 0 Å². The molecule has 1 aliphatic heterocycles. The van der Waals surface area contributed by atoms with Gasteiger partial charge in [-0.2, -0.15) is 0 Å². The van der Waals surface area contributed by atoms with Gasteiger partial charge >= 0.3 is 0 Å². The van der Waals surface area contributed by atoms with Crippen LogP contribution >= 0.6 is 0 Å². The highest BCUT2D eigenvalue weighted by atomic mass is 16.5. The van der Waals surface area contributed by atoms with Gasteiger partial charge in [0.2, 0.25) is 0 Å². The molecule has 11 rings (SSSR count). The molecule has 2 nitrogen and oxygen atoms in total. The van der Waals surface area contributed by atoms with Crippen molar-refractivity contribution >= 4 is 32.6 Å². The van der Waals surface area contributed by atoms with Gasteiger partial charge in [-0.25, -0.2) is 0 Å². The molecule has 2 heterocycles. The molecule has 0 radical (unpaired) electrons. The number of nitrogens with zero attached hydrogens (tertiary/aromatic N) is 1. The van der Waals surface area contributed by atoms with Gasteiger partial charge in [0.1, 0.15) is 11.5 Å². The van der Waals surface area contributed by atoms with Crippen LogP contribution in [0.1, 0.15) is 51.0 Å². The molecular weight excluding hydrogens is 595 g/mol. The summed E-state index contributed by atoms with van der Waals surface area (Å²) in [5, 5.41) is -1.96. The van der Waals surface area contributed by atoms with Gasteiger partial charge in [-0.1, -0.05) is 145 Å². The Labute approximate surface area is 313 Å². The Kier molecular flexibility index (Phi) is 2.73. The van der Waals surface area contributed by atoms with E-state index in [0.717, 1.165) is 4.57 Å². The Morgan fingerprint density at radius 3 is 1.98 bits per heavy atom. The van der Waals surface area contributed by atoms with Gasteiger partial charge < -0.3 is 9.30 Å². The summed E-state index contributed by atoms with van der Waals surface area (Å²) < 4.78 is 200. The number of rotatable bonds is 2. The zero-order valence-corrected chi connectivity index (χ0v) is 25.0. The van der Waals surface area contributed by atoms with Crippen molar-refractivity contribution in [1.29, 1.82) is 0 Å². The summed E-state index contributed by atoms with van der Waals surface area (Å²) >= 11 is 0. The van der Waals surface area contributed by atoms with Gasteiger partial charge in [0.15, 0.2) is 0 Å². The van der Waals surface area contributed by atoms with Crippen molar-refractivity contribution < 1.29 is 33.5 Å². The third-order valence-electron chi connectivity index (χ3n) is 9.32. The first-order valence-electron chi connectivity index (χ1n) is 25.7. The van der Waals surface area contributed by atoms with Crippen LogP contribution in [-0.4, -0.2) is 4.57 Å². The van der Waals surface area contributed by atoms with E-state index < -0.39 is 187 Å². The first-order valence-corrected chi connectivity index (χ1v) is 15.2. The summed E-state index contributed by atoms with van der Waals surface area (Å²) in [6.07, 6.45) is 0. The second kappa shape index (κ2) is 9.82. The van der Waals surface area contributed by atoms with Crippen LogP contribution in [0.15, 0.2) is 175 Å². The topological polar surface area (TPSA) is 14.2 Å². The highest BCUT2D eigenvalue weighted by Gasteiger charge is 2.51. The lowest BCUT2D eigenvalue weighted by Gasteiger charge is -2.39. The third kappa shape index (κ3) is 3.45. The van der Waals surface area contributed by atoms with Crippen molar-refractivity contribution in [3.8, 4) is 39.4 Å². The maximum absolute atomic E-state index is 10.4. The lowest BCUT2D eigenvalue weighted by molar-refractivity contribution is 0.436. The van der Waals surface area contributed by atoms with Gasteiger partial charge in [0, 0.05) is 38.5 Å². The Bertz CT molecular complexity index is 3940. The number of hydrogen-bond acceptors (Lipinski definition) is 1. The molecule has 9 aromatic rings. The highest BCUT2D eigenvalue weighted by Crippen LogP contribution is 2.62. The number of benzene rings is 8. The maximum Gasteiger partial charge on any atom is 0.132 e. The molecule has 0 amide bonds. The van der Waals surface area contributed by atoms with Crippen molar-refractivity contribution in [1.82, 2.24) is 4.57 Å². The third-order valence-corrected chi connectivity index (χ3v) is 9.32. The molecule has 0 saturated heterocycles. The lowest BCUT2D eigenvalue weighted by atomic mass is 9.66. The molecule has 2 heteroatoms. The Morgan fingerprint density at radius 1 is 0.469 bits per heavy atom. The molecule has 2 aliphatic rings. The fourth-order valence-electron chi connectivity index (χ4n) is 7.48. The van der Waals surface area contributed by atoms with E-state index in [2.05, 4.69) is 0 Å². The van der Waals surface area contributed by atoms with Crippen LogP contribution in [0.2, 0.25) is 0 Å². The molecule has 1 aromatic heterocycles. The molecule has 1 aliphatic carbocycles. The minimum absolute atomic E-state index is 0.144. The van der Waals surface area contributed by atoms with Crippen LogP contribution in [-0.2, 0) is 5.41 Å². The first kappa shape index (κ1) is 13.6. The van der Waals surface area contributed by atoms with Gasteiger partial charge in [-0.15, -0.1) is 0 Å². The van der Waals surface area contributed by atoms with Crippen LogP contribution in [0.5, 0.6) is 11.5 Å². The largest absolute Gasteiger partial charge is 0.457 e. The molecule has 0 N–H and O–H groups in total. The second-order valence-corrected chi connectivity index (χ2v) is 11.6. The smallest absolute Gasteiger partial charge is 0.132 e. The van der Waals surface area contributed by atoms with E-state index in [1.807, 2.05) is 0 Å². The molecule has 0 fully saturated rings. The van der Waals surface area contributed by atoms with Gasteiger partial charge in [0.05, 0.1) is 45.2 Å². The predicted octanol–water partition coefficient (Wildman–Crippen LogP) is 12.1. The highest BCUT2D eigenvalue weighted by molar-refractivity contribution is 6.21. The van der Waals surface area contributed by atoms with Gasteiger partial charge in [0.25, 0.3) is 0 Å². The fourth-order valence-corrected chi connectivity index (χ4v) is 7.48. The minimum Gasteiger partial charge on any atom is -0.457 e. The zero-order valence-electron chi connectivity index (χ0n) is 46.0. The van der Waals surface area contributed by atoms with Crippen LogP contribution in [0.3, 0.4) is 0 Å². The van der Waals surface area contributed by atoms with E-state index in [9.17, 15) is 15.1 Å². The van der Waals surface area contributed by atoms with E-state index in [1.54, 1.807) is 48.5 Å². The summed E-state index contributed by atoms with van der Waals surface area (Å²) in [5.41, 5.74) is -3.38. The van der Waals surface area contributed by atoms with E-state index >= 15 is 0 Å². The monoisotopic (exact) mass is 644 g/mol. The Morgan fingerprint density at radius 2 is 1.14 bits per heavy atom. The number of hydrogen-bond donors (Lipinski definition) is 0. The Hall–Kier alpha value is -6.38. The number of fused-ring (bicyclic) bond motifs is 14. The molecular formula is C47H29NO. The zero-order chi connectivity index (χ0) is 50.4. The van der Waals surface area contributed by atoms with Crippen molar-refractivity contribution in [3.63, 3.8) is 0 Å². The average molecular weight is 645 g/mol. The van der Waals surface area contributed by atoms with Crippen molar-refractivity contribution in [2.24, 2.45) is 0 Å². The standard InChI is InChI=1S/C47H29NO/c1-2-14-32(15-3-1)48-45-33-16-5-4-13-30(33)25-27-38(45)37-20-12-19-34(46(37)48)31-26-28-44-42(29-31)47(41-23-10-11-24-43(41)49-44)39-21-8-6-17-35(39)36-18-7-9-22-40(36)47/h1-29H/i1D,2D,3D,4D,5D,10D,11D,12D,13D,14D,15D,16D,19D,20D,23D,24D,25D,26D,27D,28D,29D. The van der Waals surface area contributed by atoms with Crippen molar-refractivity contribution in [2.45, 2.75) is 5.41 Å². The first-order chi connectivity index (χ1) is 33.1. The Balaban J connectivity index is 1.45. The second-order valence-electron chi connectivity index (χ2n) is 11.6. The van der Waals surface area contributed by atoms with Crippen LogP contribution < -0.4 is 4.74 Å². The number of para-hydroxylation sites is 3. The van der Waals surface area contributed by atoms with E-state index in [4.69, 9.17) is 18.4 Å². The van der Waals surface area contributed by atoms with Crippen LogP contribution in [0.4, 0.5) is 0 Å². The molecule has 0 bridgehead atoms. The molecule has 0 atom stereocenters. The quantitative estimate of drug-likeness (QED) is 0.183. The van der Waals surface area contributed by atoms with E-state index in [1.165, 1.54) is 0 Å². The van der Waals surface area contributed by atoms with E-state index in [-0.39, 0.29) is 16.9 Å². The van der Waals surface area contributed by atoms with E-state index in [0.29, 0.717) is 22.3 Å². The molecule has 49 heavy (non-hydrogen) atoms. The van der Waals surface area contributed by atoms with Gasteiger partial charge in [-0.05, 0) is 63.4 Å². The molecule has 228 valence electrons. The molecule has 1 spiro atoms. The lowest BCUT2D eigenvalue weighted by Crippen LogP contribution is -2.32. The number of aromatic nitrogens is 1. The average Bonchev–Trinajstić information content (AvgIpc) is 3.84. The SMILES string of the molecule is [2H]c1c([2H])c([2H])c(-n2c3c(-c4c([2H])c([2H])c5c(c4[2H])C4(c6ccccc6-c6ccccc64)c4c([2H])c([2H])c([2H])c([2H])c4O5)c([2H])c([2H])c([2H])c3c3c([2H])c([2H])c4c([2H])c([2H])c([2H])c([2H])c4c32)c([2H])c1[2H]. The minimum atomic E-state index is -1.93. The molecule has 0 saturated carbocycles. The van der Waals surface area contributed by atoms with Crippen molar-refractivity contribution in [2.75, 3.05) is 0 Å². The summed E-state index contributed by atoms with van der Waals surface area (Å²) in [7, 11) is 0. The summed E-state index contributed by atoms with van der Waals surface area (Å²) in [5.74, 6) is -0.846. The maximum atomic E-state index is 10.4.